The molecule has 0 aromatic carbocycles. The third-order valence-electron chi connectivity index (χ3n) is 2.76. The van der Waals surface area contributed by atoms with Crippen molar-refractivity contribution in [2.75, 3.05) is 13.1 Å². The molecule has 0 aliphatic rings. The van der Waals surface area contributed by atoms with Crippen LogP contribution in [0.3, 0.4) is 0 Å². The second kappa shape index (κ2) is 5.96. The van der Waals surface area contributed by atoms with Crippen molar-refractivity contribution in [3.63, 3.8) is 0 Å². The summed E-state index contributed by atoms with van der Waals surface area (Å²) in [5.41, 5.74) is -0.647. The van der Waals surface area contributed by atoms with Crippen LogP contribution < -0.4 is 0 Å². The molecule has 1 N–H and O–H groups in total. The SMILES string of the molecule is CCN(CC(C)(C)O)C(=O)c1cc([N+](=O)[O-])cnc1C. The van der Waals surface area contributed by atoms with Crippen molar-refractivity contribution in [1.29, 1.82) is 0 Å². The van der Waals surface area contributed by atoms with Crippen LogP contribution in [-0.2, 0) is 0 Å². The molecule has 0 atom stereocenters. The van der Waals surface area contributed by atoms with Gasteiger partial charge in [0.2, 0.25) is 0 Å². The molecule has 0 aliphatic heterocycles. The molecule has 110 valence electrons. The van der Waals surface area contributed by atoms with Crippen LogP contribution in [0.4, 0.5) is 5.69 Å². The summed E-state index contributed by atoms with van der Waals surface area (Å²) in [6.45, 7) is 7.14. The Morgan fingerprint density at radius 1 is 1.55 bits per heavy atom. The fourth-order valence-electron chi connectivity index (χ4n) is 1.80. The van der Waals surface area contributed by atoms with Gasteiger partial charge in [-0.3, -0.25) is 19.9 Å². The zero-order valence-corrected chi connectivity index (χ0v) is 12.1. The van der Waals surface area contributed by atoms with E-state index in [-0.39, 0.29) is 23.7 Å². The lowest BCUT2D eigenvalue weighted by Gasteiger charge is -2.28. The Bertz CT molecular complexity index is 523. The zero-order chi connectivity index (χ0) is 15.5. The molecule has 0 fully saturated rings. The van der Waals surface area contributed by atoms with Gasteiger partial charge in [0.15, 0.2) is 0 Å². The highest BCUT2D eigenvalue weighted by Crippen LogP contribution is 2.17. The minimum absolute atomic E-state index is 0.143. The lowest BCUT2D eigenvalue weighted by molar-refractivity contribution is -0.385. The van der Waals surface area contributed by atoms with Crippen LogP contribution in [0.5, 0.6) is 0 Å². The van der Waals surface area contributed by atoms with Crippen molar-refractivity contribution in [2.24, 2.45) is 0 Å². The normalized spacial score (nSPS) is 11.2. The number of amides is 1. The Balaban J connectivity index is 3.12. The summed E-state index contributed by atoms with van der Waals surface area (Å²) >= 11 is 0. The molecule has 0 spiro atoms. The number of carbonyl (C=O) groups is 1. The van der Waals surface area contributed by atoms with Crippen LogP contribution in [-0.4, -0.2) is 44.5 Å². The Kier molecular flexibility index (Phi) is 4.78. The smallest absolute Gasteiger partial charge is 0.288 e. The number of aliphatic hydroxyl groups is 1. The molecular weight excluding hydrogens is 262 g/mol. The first-order chi connectivity index (χ1) is 9.15. The molecule has 1 aromatic rings. The summed E-state index contributed by atoms with van der Waals surface area (Å²) < 4.78 is 0. The zero-order valence-electron chi connectivity index (χ0n) is 12.1. The number of rotatable bonds is 5. The number of hydrogen-bond acceptors (Lipinski definition) is 5. The van der Waals surface area contributed by atoms with Gasteiger partial charge < -0.3 is 10.0 Å². The molecular formula is C13H19N3O4. The Morgan fingerprint density at radius 2 is 2.15 bits per heavy atom. The maximum Gasteiger partial charge on any atom is 0.288 e. The fraction of sp³-hybridized carbons (Fsp3) is 0.538. The lowest BCUT2D eigenvalue weighted by Crippen LogP contribution is -2.42. The highest BCUT2D eigenvalue weighted by Gasteiger charge is 2.25. The van der Waals surface area contributed by atoms with Gasteiger partial charge in [0.1, 0.15) is 6.20 Å². The predicted octanol–water partition coefficient (Wildman–Crippen LogP) is 1.53. The molecule has 1 amide bonds. The Hall–Kier alpha value is -2.02. The van der Waals surface area contributed by atoms with Gasteiger partial charge in [-0.1, -0.05) is 0 Å². The van der Waals surface area contributed by atoms with Crippen molar-refractivity contribution in [1.82, 2.24) is 9.88 Å². The molecule has 1 aromatic heterocycles. The number of aryl methyl sites for hydroxylation is 1. The van der Waals surface area contributed by atoms with E-state index in [1.54, 1.807) is 27.7 Å². The number of aromatic nitrogens is 1. The quantitative estimate of drug-likeness (QED) is 0.652. The van der Waals surface area contributed by atoms with E-state index in [0.717, 1.165) is 6.20 Å². The van der Waals surface area contributed by atoms with Crippen molar-refractivity contribution < 1.29 is 14.8 Å². The lowest BCUT2D eigenvalue weighted by atomic mass is 10.1. The molecule has 7 heteroatoms. The second-order valence-corrected chi connectivity index (χ2v) is 5.22. The van der Waals surface area contributed by atoms with E-state index < -0.39 is 10.5 Å². The second-order valence-electron chi connectivity index (χ2n) is 5.22. The number of nitro groups is 1. The summed E-state index contributed by atoms with van der Waals surface area (Å²) in [7, 11) is 0. The van der Waals surface area contributed by atoms with E-state index in [1.807, 2.05) is 0 Å². The summed E-state index contributed by atoms with van der Waals surface area (Å²) in [4.78, 5) is 27.9. The van der Waals surface area contributed by atoms with Gasteiger partial charge in [-0.25, -0.2) is 0 Å². The third-order valence-corrected chi connectivity index (χ3v) is 2.76. The number of likely N-dealkylation sites (N-methyl/N-ethyl adjacent to an activating group) is 1. The highest BCUT2D eigenvalue weighted by molar-refractivity contribution is 5.95. The highest BCUT2D eigenvalue weighted by atomic mass is 16.6. The van der Waals surface area contributed by atoms with Crippen molar-refractivity contribution in [3.05, 3.63) is 33.6 Å². The monoisotopic (exact) mass is 281 g/mol. The third kappa shape index (κ3) is 3.99. The van der Waals surface area contributed by atoms with E-state index in [9.17, 15) is 20.0 Å². The minimum Gasteiger partial charge on any atom is -0.389 e. The van der Waals surface area contributed by atoms with E-state index in [4.69, 9.17) is 0 Å². The first kappa shape index (κ1) is 16.0. The van der Waals surface area contributed by atoms with Crippen molar-refractivity contribution in [3.8, 4) is 0 Å². The molecule has 0 aliphatic carbocycles. The molecule has 0 saturated carbocycles. The fourth-order valence-corrected chi connectivity index (χ4v) is 1.80. The number of hydrogen-bond donors (Lipinski definition) is 1. The maximum absolute atomic E-state index is 12.4. The van der Waals surface area contributed by atoms with Crippen LogP contribution in [0.15, 0.2) is 12.3 Å². The maximum atomic E-state index is 12.4. The van der Waals surface area contributed by atoms with Gasteiger partial charge in [0, 0.05) is 19.2 Å². The molecule has 1 heterocycles. The van der Waals surface area contributed by atoms with E-state index in [1.165, 1.54) is 11.0 Å². The van der Waals surface area contributed by atoms with E-state index >= 15 is 0 Å². The topological polar surface area (TPSA) is 96.6 Å². The Labute approximate surface area is 117 Å². The predicted molar refractivity (Wildman–Crippen MR) is 73.5 cm³/mol. The summed E-state index contributed by atoms with van der Waals surface area (Å²) in [5.74, 6) is -0.372. The first-order valence-corrected chi connectivity index (χ1v) is 6.28. The average molecular weight is 281 g/mol. The van der Waals surface area contributed by atoms with Crippen LogP contribution in [0, 0.1) is 17.0 Å². The molecule has 0 radical (unpaired) electrons. The largest absolute Gasteiger partial charge is 0.389 e. The number of pyridine rings is 1. The molecule has 20 heavy (non-hydrogen) atoms. The summed E-state index contributed by atoms with van der Waals surface area (Å²) in [5, 5.41) is 20.6. The van der Waals surface area contributed by atoms with E-state index in [0.29, 0.717) is 12.2 Å². The molecule has 7 nitrogen and oxygen atoms in total. The van der Waals surface area contributed by atoms with Crippen LogP contribution in [0.25, 0.3) is 0 Å². The van der Waals surface area contributed by atoms with E-state index in [2.05, 4.69) is 4.98 Å². The number of carbonyl (C=O) groups excluding carboxylic acids is 1. The van der Waals surface area contributed by atoms with Gasteiger partial charge in [0.25, 0.3) is 11.6 Å². The minimum atomic E-state index is -1.03. The Morgan fingerprint density at radius 3 is 2.60 bits per heavy atom. The van der Waals surface area contributed by atoms with Gasteiger partial charge in [-0.05, 0) is 27.7 Å². The van der Waals surface area contributed by atoms with Crippen LogP contribution in [0.2, 0.25) is 0 Å². The van der Waals surface area contributed by atoms with Crippen molar-refractivity contribution in [2.45, 2.75) is 33.3 Å². The first-order valence-electron chi connectivity index (χ1n) is 6.28. The summed E-state index contributed by atoms with van der Waals surface area (Å²) in [6.07, 6.45) is 1.12. The molecule has 1 rings (SSSR count). The van der Waals surface area contributed by atoms with Crippen LogP contribution >= 0.6 is 0 Å². The number of nitrogens with zero attached hydrogens (tertiary/aromatic N) is 3. The average Bonchev–Trinajstić information content (AvgIpc) is 2.34. The van der Waals surface area contributed by atoms with Gasteiger partial charge in [-0.15, -0.1) is 0 Å². The summed E-state index contributed by atoms with van der Waals surface area (Å²) in [6, 6.07) is 1.22. The van der Waals surface area contributed by atoms with Crippen LogP contribution in [0.1, 0.15) is 36.8 Å². The van der Waals surface area contributed by atoms with Gasteiger partial charge in [0.05, 0.1) is 21.8 Å². The standard InChI is InChI=1S/C13H19N3O4/c1-5-15(8-13(3,4)18)12(17)11-6-10(16(19)20)7-14-9(11)2/h6-7,18H,5,8H2,1-4H3. The van der Waals surface area contributed by atoms with Crippen molar-refractivity contribution >= 4 is 11.6 Å². The van der Waals surface area contributed by atoms with Gasteiger partial charge in [-0.2, -0.15) is 0 Å². The molecule has 0 saturated heterocycles. The molecule has 0 bridgehead atoms. The molecule has 0 unspecified atom stereocenters. The van der Waals surface area contributed by atoms with Gasteiger partial charge >= 0.3 is 0 Å².